The van der Waals surface area contributed by atoms with E-state index in [9.17, 15) is 18.4 Å². The molecule has 1 aromatic carbocycles. The SMILES string of the molecule is COC(=O)c1cccc(Cc2cnc(NC(=O)c3sc(C)cc3OC(F)F)s2)c1. The van der Waals surface area contributed by atoms with E-state index in [0.29, 0.717) is 22.0 Å². The van der Waals surface area contributed by atoms with Crippen molar-refractivity contribution in [3.8, 4) is 5.75 Å². The molecule has 0 aliphatic heterocycles. The fourth-order valence-corrected chi connectivity index (χ4v) is 4.24. The molecule has 0 fully saturated rings. The third kappa shape index (κ3) is 5.36. The molecule has 3 rings (SSSR count). The number of amides is 1. The first-order valence-corrected chi connectivity index (χ1v) is 9.97. The minimum Gasteiger partial charge on any atom is -0.465 e. The number of hydrogen-bond acceptors (Lipinski definition) is 7. The van der Waals surface area contributed by atoms with Crippen LogP contribution in [0.4, 0.5) is 13.9 Å². The summed E-state index contributed by atoms with van der Waals surface area (Å²) in [6.45, 7) is -1.31. The third-order valence-electron chi connectivity index (χ3n) is 3.74. The average molecular weight is 438 g/mol. The number of aromatic nitrogens is 1. The molecule has 0 aliphatic carbocycles. The van der Waals surface area contributed by atoms with Crippen LogP contribution in [0.25, 0.3) is 0 Å². The maximum atomic E-state index is 12.5. The quantitative estimate of drug-likeness (QED) is 0.539. The second-order valence-corrected chi connectivity index (χ2v) is 8.26. The molecule has 152 valence electrons. The van der Waals surface area contributed by atoms with Crippen molar-refractivity contribution < 1.29 is 27.8 Å². The normalized spacial score (nSPS) is 10.8. The fourth-order valence-electron chi connectivity index (χ4n) is 2.56. The van der Waals surface area contributed by atoms with Gasteiger partial charge in [-0.3, -0.25) is 10.1 Å². The number of halogens is 2. The van der Waals surface area contributed by atoms with Gasteiger partial charge in [-0.1, -0.05) is 12.1 Å². The minimum atomic E-state index is -3.01. The Kier molecular flexibility index (Phi) is 6.55. The molecule has 0 aliphatic rings. The molecular weight excluding hydrogens is 422 g/mol. The highest BCUT2D eigenvalue weighted by Crippen LogP contribution is 2.31. The summed E-state index contributed by atoms with van der Waals surface area (Å²) in [5.41, 5.74) is 1.33. The predicted octanol–water partition coefficient (Wildman–Crippen LogP) is 4.74. The van der Waals surface area contributed by atoms with Crippen LogP contribution in [0.2, 0.25) is 0 Å². The number of hydrogen-bond donors (Lipinski definition) is 1. The fraction of sp³-hybridized carbons (Fsp3) is 0.211. The van der Waals surface area contributed by atoms with E-state index in [1.54, 1.807) is 31.3 Å². The van der Waals surface area contributed by atoms with Crippen molar-refractivity contribution in [2.24, 2.45) is 0 Å². The van der Waals surface area contributed by atoms with Gasteiger partial charge in [0.05, 0.1) is 12.7 Å². The Labute approximate surface area is 173 Å². The average Bonchev–Trinajstić information content (AvgIpc) is 3.26. The third-order valence-corrected chi connectivity index (χ3v) is 5.69. The van der Waals surface area contributed by atoms with Gasteiger partial charge in [0.15, 0.2) is 5.13 Å². The minimum absolute atomic E-state index is 0.0605. The first kappa shape index (κ1) is 20.9. The van der Waals surface area contributed by atoms with E-state index in [1.165, 1.54) is 24.5 Å². The number of nitrogens with one attached hydrogen (secondary N) is 1. The van der Waals surface area contributed by atoms with Crippen LogP contribution >= 0.6 is 22.7 Å². The molecule has 0 saturated carbocycles. The Balaban J connectivity index is 1.70. The smallest absolute Gasteiger partial charge is 0.387 e. The van der Waals surface area contributed by atoms with Crippen molar-refractivity contribution in [2.45, 2.75) is 20.0 Å². The van der Waals surface area contributed by atoms with E-state index in [2.05, 4.69) is 15.0 Å². The zero-order valence-electron chi connectivity index (χ0n) is 15.4. The number of aryl methyl sites for hydroxylation is 1. The first-order valence-electron chi connectivity index (χ1n) is 8.34. The van der Waals surface area contributed by atoms with E-state index < -0.39 is 18.5 Å². The summed E-state index contributed by atoms with van der Waals surface area (Å²) < 4.78 is 34.2. The highest BCUT2D eigenvalue weighted by molar-refractivity contribution is 7.16. The Hall–Kier alpha value is -2.85. The lowest BCUT2D eigenvalue weighted by atomic mass is 10.1. The number of carbonyl (C=O) groups is 2. The maximum absolute atomic E-state index is 12.5. The summed E-state index contributed by atoms with van der Waals surface area (Å²) in [5, 5.41) is 2.95. The number of methoxy groups -OCH3 is 1. The second kappa shape index (κ2) is 9.10. The van der Waals surface area contributed by atoms with E-state index in [1.807, 2.05) is 6.07 Å². The van der Waals surface area contributed by atoms with Gasteiger partial charge in [-0.2, -0.15) is 8.78 Å². The van der Waals surface area contributed by atoms with Gasteiger partial charge in [0.2, 0.25) is 0 Å². The molecule has 29 heavy (non-hydrogen) atoms. The van der Waals surface area contributed by atoms with Crippen LogP contribution in [0.1, 0.15) is 35.3 Å². The van der Waals surface area contributed by atoms with Crippen LogP contribution < -0.4 is 10.1 Å². The van der Waals surface area contributed by atoms with Gasteiger partial charge in [-0.25, -0.2) is 9.78 Å². The number of ether oxygens (including phenoxy) is 2. The van der Waals surface area contributed by atoms with Gasteiger partial charge >= 0.3 is 12.6 Å². The molecule has 0 radical (unpaired) electrons. The summed E-state index contributed by atoms with van der Waals surface area (Å²) in [5.74, 6) is -1.14. The number of benzene rings is 1. The van der Waals surface area contributed by atoms with Crippen LogP contribution in [-0.4, -0.2) is 30.6 Å². The number of nitrogens with zero attached hydrogens (tertiary/aromatic N) is 1. The van der Waals surface area contributed by atoms with Crippen LogP contribution in [0.15, 0.2) is 36.5 Å². The Morgan fingerprint density at radius 2 is 2.03 bits per heavy atom. The summed E-state index contributed by atoms with van der Waals surface area (Å²) in [7, 11) is 1.32. The molecular formula is C19H16F2N2O4S2. The van der Waals surface area contributed by atoms with Gasteiger partial charge in [-0.05, 0) is 30.7 Å². The molecule has 0 saturated heterocycles. The molecule has 1 N–H and O–H groups in total. The summed E-state index contributed by atoms with van der Waals surface area (Å²) >= 11 is 2.32. The van der Waals surface area contributed by atoms with E-state index >= 15 is 0 Å². The number of esters is 1. The van der Waals surface area contributed by atoms with Gasteiger partial charge in [0.1, 0.15) is 10.6 Å². The van der Waals surface area contributed by atoms with Gasteiger partial charge in [-0.15, -0.1) is 22.7 Å². The van der Waals surface area contributed by atoms with E-state index in [4.69, 9.17) is 4.74 Å². The highest BCUT2D eigenvalue weighted by atomic mass is 32.1. The lowest BCUT2D eigenvalue weighted by molar-refractivity contribution is -0.0498. The molecule has 0 bridgehead atoms. The van der Waals surface area contributed by atoms with Gasteiger partial charge < -0.3 is 9.47 Å². The molecule has 3 aromatic rings. The predicted molar refractivity (Wildman–Crippen MR) is 106 cm³/mol. The van der Waals surface area contributed by atoms with Crippen molar-refractivity contribution in [3.63, 3.8) is 0 Å². The highest BCUT2D eigenvalue weighted by Gasteiger charge is 2.20. The summed E-state index contributed by atoms with van der Waals surface area (Å²) in [4.78, 5) is 29.8. The first-order chi connectivity index (χ1) is 13.9. The molecule has 10 heteroatoms. The standard InChI is InChI=1S/C19H16F2N2O4S2/c1-10-6-14(27-18(20)21)15(28-10)16(24)23-19-22-9-13(29-19)8-11-4-3-5-12(7-11)17(25)26-2/h3-7,9,18H,8H2,1-2H3,(H,22,23,24). The zero-order valence-corrected chi connectivity index (χ0v) is 17.0. The van der Waals surface area contributed by atoms with Crippen LogP contribution in [0, 0.1) is 6.92 Å². The van der Waals surface area contributed by atoms with Crippen molar-refractivity contribution in [3.05, 3.63) is 62.3 Å². The van der Waals surface area contributed by atoms with E-state index in [-0.39, 0.29) is 10.6 Å². The Bertz CT molecular complexity index is 1030. The zero-order chi connectivity index (χ0) is 21.0. The lowest BCUT2D eigenvalue weighted by Crippen LogP contribution is -2.12. The molecule has 2 aromatic heterocycles. The van der Waals surface area contributed by atoms with Crippen molar-refractivity contribution in [2.75, 3.05) is 12.4 Å². The van der Waals surface area contributed by atoms with Crippen LogP contribution in [-0.2, 0) is 11.2 Å². The Morgan fingerprint density at radius 1 is 1.24 bits per heavy atom. The molecule has 6 nitrogen and oxygen atoms in total. The topological polar surface area (TPSA) is 77.5 Å². The molecule has 0 atom stereocenters. The number of carbonyl (C=O) groups excluding carboxylic acids is 2. The van der Waals surface area contributed by atoms with Gasteiger partial charge in [0, 0.05) is 22.4 Å². The van der Waals surface area contributed by atoms with E-state index in [0.717, 1.165) is 21.8 Å². The summed E-state index contributed by atoms with van der Waals surface area (Å²) in [6.07, 6.45) is 2.12. The van der Waals surface area contributed by atoms with Crippen molar-refractivity contribution >= 4 is 39.7 Å². The van der Waals surface area contributed by atoms with Crippen molar-refractivity contribution in [1.29, 1.82) is 0 Å². The van der Waals surface area contributed by atoms with Crippen LogP contribution in [0.3, 0.4) is 0 Å². The molecule has 1 amide bonds. The number of rotatable bonds is 7. The van der Waals surface area contributed by atoms with Crippen LogP contribution in [0.5, 0.6) is 5.75 Å². The Morgan fingerprint density at radius 3 is 2.76 bits per heavy atom. The maximum Gasteiger partial charge on any atom is 0.387 e. The number of thiophene rings is 1. The van der Waals surface area contributed by atoms with Gasteiger partial charge in [0.25, 0.3) is 5.91 Å². The summed E-state index contributed by atoms with van der Waals surface area (Å²) in [6, 6.07) is 8.41. The molecule has 2 heterocycles. The number of alkyl halides is 2. The van der Waals surface area contributed by atoms with Crippen molar-refractivity contribution in [1.82, 2.24) is 4.98 Å². The lowest BCUT2D eigenvalue weighted by Gasteiger charge is -2.05. The monoisotopic (exact) mass is 438 g/mol. The molecule has 0 unspecified atom stereocenters. The second-order valence-electron chi connectivity index (χ2n) is 5.88. The number of thiazole rings is 1. The molecule has 0 spiro atoms. The largest absolute Gasteiger partial charge is 0.465 e. The number of anilines is 1.